The first-order valence-corrected chi connectivity index (χ1v) is 6.31. The smallest absolute Gasteiger partial charge is 0.216 e. The van der Waals surface area contributed by atoms with Crippen LogP contribution in [0.4, 0.5) is 0 Å². The maximum atomic E-state index is 5.50. The van der Waals surface area contributed by atoms with Crippen LogP contribution in [0.25, 0.3) is 0 Å². The highest BCUT2D eigenvalue weighted by atomic mass is 16.7. The molecule has 0 saturated carbocycles. The zero-order valence-electron chi connectivity index (χ0n) is 11.6. The molecule has 0 fully saturated rings. The summed E-state index contributed by atoms with van der Waals surface area (Å²) in [7, 11) is 1.78. The molecule has 0 saturated heterocycles. The summed E-state index contributed by atoms with van der Waals surface area (Å²) in [5, 5.41) is 1.78. The molecular weight excluding hydrogens is 216 g/mol. The first-order valence-electron chi connectivity index (χ1n) is 6.31. The molecule has 0 aromatic carbocycles. The molecule has 2 atom stereocenters. The Hall–Kier alpha value is -1.03. The van der Waals surface area contributed by atoms with Crippen molar-refractivity contribution in [1.82, 2.24) is 5.06 Å². The second-order valence-electron chi connectivity index (χ2n) is 4.36. The van der Waals surface area contributed by atoms with Crippen LogP contribution >= 0.6 is 0 Å². The van der Waals surface area contributed by atoms with Gasteiger partial charge in [-0.25, -0.2) is 4.99 Å². The molecule has 4 heteroatoms. The minimum atomic E-state index is 0.269. The highest BCUT2D eigenvalue weighted by Gasteiger charge is 2.20. The first kappa shape index (κ1) is 14.0. The van der Waals surface area contributed by atoms with Crippen LogP contribution in [0.2, 0.25) is 0 Å². The summed E-state index contributed by atoms with van der Waals surface area (Å²) in [5.74, 6) is 1.13. The quantitative estimate of drug-likeness (QED) is 0.715. The molecule has 1 rings (SSSR count). The number of hydrogen-bond acceptors (Lipinski definition) is 4. The van der Waals surface area contributed by atoms with Gasteiger partial charge >= 0.3 is 0 Å². The SMILES string of the molecule is CC/C(=C/N1CN=C(C)O1)C(C)C(CC)OC. The van der Waals surface area contributed by atoms with Gasteiger partial charge in [0.1, 0.15) is 6.67 Å². The Morgan fingerprint density at radius 3 is 2.71 bits per heavy atom. The van der Waals surface area contributed by atoms with E-state index >= 15 is 0 Å². The Balaban J connectivity index is 2.66. The van der Waals surface area contributed by atoms with E-state index in [0.29, 0.717) is 12.6 Å². The Morgan fingerprint density at radius 1 is 1.59 bits per heavy atom. The lowest BCUT2D eigenvalue weighted by Crippen LogP contribution is -2.23. The Bertz CT molecular complexity index is 296. The van der Waals surface area contributed by atoms with Crippen molar-refractivity contribution in [1.29, 1.82) is 0 Å². The highest BCUT2D eigenvalue weighted by Crippen LogP contribution is 2.23. The van der Waals surface area contributed by atoms with Gasteiger partial charge in [0.05, 0.1) is 6.10 Å². The lowest BCUT2D eigenvalue weighted by Gasteiger charge is -2.24. The summed E-state index contributed by atoms with van der Waals surface area (Å²) < 4.78 is 5.50. The summed E-state index contributed by atoms with van der Waals surface area (Å²) in [6.07, 6.45) is 4.35. The van der Waals surface area contributed by atoms with Gasteiger partial charge in [-0.2, -0.15) is 5.06 Å². The molecular formula is C13H24N2O2. The van der Waals surface area contributed by atoms with E-state index in [1.807, 2.05) is 6.92 Å². The normalized spacial score (nSPS) is 19.9. The molecule has 17 heavy (non-hydrogen) atoms. The Morgan fingerprint density at radius 2 is 2.29 bits per heavy atom. The third-order valence-electron chi connectivity index (χ3n) is 3.25. The van der Waals surface area contributed by atoms with Crippen LogP contribution in [-0.2, 0) is 9.57 Å². The zero-order chi connectivity index (χ0) is 12.8. The molecule has 98 valence electrons. The van der Waals surface area contributed by atoms with Crippen molar-refractivity contribution >= 4 is 5.90 Å². The van der Waals surface area contributed by atoms with Gasteiger partial charge in [0.15, 0.2) is 0 Å². The largest absolute Gasteiger partial charge is 0.381 e. The van der Waals surface area contributed by atoms with E-state index in [2.05, 4.69) is 32.0 Å². The Labute approximate surface area is 104 Å². The standard InChI is InChI=1S/C13H24N2O2/c1-6-12(10(3)13(7-2)16-5)8-15-9-14-11(4)17-15/h8,10,13H,6-7,9H2,1-5H3/b12-8-. The van der Waals surface area contributed by atoms with Crippen LogP contribution < -0.4 is 0 Å². The van der Waals surface area contributed by atoms with Gasteiger partial charge in [0.25, 0.3) is 0 Å². The van der Waals surface area contributed by atoms with E-state index in [4.69, 9.17) is 9.57 Å². The number of ether oxygens (including phenoxy) is 1. The molecule has 0 aromatic rings. The molecule has 2 unspecified atom stereocenters. The van der Waals surface area contributed by atoms with Gasteiger partial charge in [-0.3, -0.25) is 0 Å². The van der Waals surface area contributed by atoms with Crippen LogP contribution in [-0.4, -0.2) is 30.8 Å². The van der Waals surface area contributed by atoms with Crippen LogP contribution in [0, 0.1) is 5.92 Å². The Kier molecular flexibility index (Phi) is 5.48. The topological polar surface area (TPSA) is 34.1 Å². The van der Waals surface area contributed by atoms with Crippen LogP contribution in [0.3, 0.4) is 0 Å². The van der Waals surface area contributed by atoms with E-state index in [1.165, 1.54) is 5.57 Å². The van der Waals surface area contributed by atoms with Crippen molar-refractivity contribution in [3.63, 3.8) is 0 Å². The van der Waals surface area contributed by atoms with Crippen molar-refractivity contribution in [3.05, 3.63) is 11.8 Å². The van der Waals surface area contributed by atoms with Crippen LogP contribution in [0.5, 0.6) is 0 Å². The molecule has 4 nitrogen and oxygen atoms in total. The van der Waals surface area contributed by atoms with Crippen LogP contribution in [0.1, 0.15) is 40.5 Å². The molecule has 0 bridgehead atoms. The summed E-state index contributed by atoms with van der Waals surface area (Å²) in [4.78, 5) is 9.65. The fraction of sp³-hybridized carbons (Fsp3) is 0.769. The van der Waals surface area contributed by atoms with Crippen molar-refractivity contribution in [3.8, 4) is 0 Å². The average Bonchev–Trinajstić information content (AvgIpc) is 2.73. The van der Waals surface area contributed by atoms with Crippen molar-refractivity contribution in [2.75, 3.05) is 13.8 Å². The molecule has 1 aliphatic heterocycles. The molecule has 0 N–H and O–H groups in total. The highest BCUT2D eigenvalue weighted by molar-refractivity contribution is 5.73. The second-order valence-corrected chi connectivity index (χ2v) is 4.36. The lowest BCUT2D eigenvalue weighted by atomic mass is 9.92. The van der Waals surface area contributed by atoms with E-state index in [-0.39, 0.29) is 6.10 Å². The summed E-state index contributed by atoms with van der Waals surface area (Å²) in [5.41, 5.74) is 1.34. The van der Waals surface area contributed by atoms with Gasteiger partial charge in [0, 0.05) is 26.2 Å². The van der Waals surface area contributed by atoms with Gasteiger partial charge in [-0.15, -0.1) is 0 Å². The molecule has 0 amide bonds. The zero-order valence-corrected chi connectivity index (χ0v) is 11.6. The fourth-order valence-electron chi connectivity index (χ4n) is 2.14. The summed E-state index contributed by atoms with van der Waals surface area (Å²) in [6, 6.07) is 0. The van der Waals surface area contributed by atoms with E-state index in [1.54, 1.807) is 12.2 Å². The maximum absolute atomic E-state index is 5.50. The average molecular weight is 240 g/mol. The molecule has 0 aliphatic carbocycles. The number of rotatable bonds is 6. The fourth-order valence-corrected chi connectivity index (χ4v) is 2.14. The molecule has 0 spiro atoms. The maximum Gasteiger partial charge on any atom is 0.216 e. The number of hydroxylamine groups is 2. The minimum Gasteiger partial charge on any atom is -0.381 e. The minimum absolute atomic E-state index is 0.269. The lowest BCUT2D eigenvalue weighted by molar-refractivity contribution is 0.0000827. The summed E-state index contributed by atoms with van der Waals surface area (Å²) >= 11 is 0. The molecule has 1 aliphatic rings. The number of methoxy groups -OCH3 is 1. The van der Waals surface area contributed by atoms with E-state index < -0.39 is 0 Å². The molecule has 1 heterocycles. The number of aliphatic imine (C=N–C) groups is 1. The van der Waals surface area contributed by atoms with Gasteiger partial charge in [-0.05, 0) is 18.4 Å². The monoisotopic (exact) mass is 240 g/mol. The van der Waals surface area contributed by atoms with Gasteiger partial charge < -0.3 is 9.57 Å². The van der Waals surface area contributed by atoms with Crippen molar-refractivity contribution < 1.29 is 9.57 Å². The van der Waals surface area contributed by atoms with Crippen LogP contribution in [0.15, 0.2) is 16.8 Å². The summed E-state index contributed by atoms with van der Waals surface area (Å²) in [6.45, 7) is 8.97. The predicted molar refractivity (Wildman–Crippen MR) is 69.5 cm³/mol. The second kappa shape index (κ2) is 6.64. The van der Waals surface area contributed by atoms with Crippen molar-refractivity contribution in [2.24, 2.45) is 10.9 Å². The third kappa shape index (κ3) is 3.73. The van der Waals surface area contributed by atoms with E-state index in [0.717, 1.165) is 18.7 Å². The molecule has 0 radical (unpaired) electrons. The van der Waals surface area contributed by atoms with Gasteiger partial charge in [0.2, 0.25) is 5.90 Å². The molecule has 0 aromatic heterocycles. The number of nitrogens with zero attached hydrogens (tertiary/aromatic N) is 2. The van der Waals surface area contributed by atoms with Gasteiger partial charge in [-0.1, -0.05) is 20.8 Å². The first-order chi connectivity index (χ1) is 8.12. The van der Waals surface area contributed by atoms with Crippen molar-refractivity contribution in [2.45, 2.75) is 46.6 Å². The van der Waals surface area contributed by atoms with E-state index in [9.17, 15) is 0 Å². The predicted octanol–water partition coefficient (Wildman–Crippen LogP) is 2.96. The number of hydrogen-bond donors (Lipinski definition) is 0. The third-order valence-corrected chi connectivity index (χ3v) is 3.25.